The van der Waals surface area contributed by atoms with Crippen LogP contribution in [0.15, 0.2) is 34.9 Å². The molecule has 0 bridgehead atoms. The summed E-state index contributed by atoms with van der Waals surface area (Å²) in [5, 5.41) is 10.7. The molecular formula is C10H5BrClN3O3. The van der Waals surface area contributed by atoms with Crippen molar-refractivity contribution in [3.05, 3.63) is 50.3 Å². The first-order chi connectivity index (χ1) is 8.56. The maximum Gasteiger partial charge on any atom is 0.349 e. The molecule has 1 aromatic carbocycles. The highest BCUT2D eigenvalue weighted by atomic mass is 79.9. The molecule has 18 heavy (non-hydrogen) atoms. The molecule has 0 saturated heterocycles. The molecule has 92 valence electrons. The Kier molecular flexibility index (Phi) is 3.73. The Labute approximate surface area is 115 Å². The zero-order valence-corrected chi connectivity index (χ0v) is 11.1. The van der Waals surface area contributed by atoms with E-state index < -0.39 is 4.92 Å². The van der Waals surface area contributed by atoms with Gasteiger partial charge in [0.1, 0.15) is 11.9 Å². The van der Waals surface area contributed by atoms with Crippen molar-refractivity contribution in [2.45, 2.75) is 0 Å². The van der Waals surface area contributed by atoms with Crippen molar-refractivity contribution in [3.63, 3.8) is 0 Å². The van der Waals surface area contributed by atoms with E-state index in [1.165, 1.54) is 0 Å². The predicted molar refractivity (Wildman–Crippen MR) is 67.9 cm³/mol. The summed E-state index contributed by atoms with van der Waals surface area (Å²) in [6.45, 7) is 0. The van der Waals surface area contributed by atoms with E-state index >= 15 is 0 Å². The van der Waals surface area contributed by atoms with Gasteiger partial charge in [0.2, 0.25) is 5.28 Å². The molecule has 0 unspecified atom stereocenters. The van der Waals surface area contributed by atoms with Crippen LogP contribution in [0, 0.1) is 10.1 Å². The van der Waals surface area contributed by atoms with Gasteiger partial charge in [-0.25, -0.2) is 4.98 Å². The van der Waals surface area contributed by atoms with E-state index in [4.69, 9.17) is 16.3 Å². The summed E-state index contributed by atoms with van der Waals surface area (Å²) in [4.78, 5) is 17.4. The highest BCUT2D eigenvalue weighted by Crippen LogP contribution is 2.30. The van der Waals surface area contributed by atoms with Crippen LogP contribution >= 0.6 is 27.5 Å². The van der Waals surface area contributed by atoms with Crippen molar-refractivity contribution < 1.29 is 9.66 Å². The van der Waals surface area contributed by atoms with Gasteiger partial charge in [0.05, 0.1) is 4.92 Å². The minimum Gasteiger partial charge on any atom is -0.434 e. The van der Waals surface area contributed by atoms with Gasteiger partial charge in [-0.2, -0.15) is 4.98 Å². The highest BCUT2D eigenvalue weighted by molar-refractivity contribution is 9.10. The number of nitro groups is 1. The normalized spacial score (nSPS) is 10.1. The van der Waals surface area contributed by atoms with Crippen molar-refractivity contribution >= 4 is 33.2 Å². The summed E-state index contributed by atoms with van der Waals surface area (Å²) in [7, 11) is 0. The van der Waals surface area contributed by atoms with Crippen LogP contribution in [0.4, 0.5) is 5.69 Å². The number of hydrogen-bond donors (Lipinski definition) is 0. The topological polar surface area (TPSA) is 78.2 Å². The summed E-state index contributed by atoms with van der Waals surface area (Å²) >= 11 is 8.85. The van der Waals surface area contributed by atoms with Crippen molar-refractivity contribution in [2.24, 2.45) is 0 Å². The van der Waals surface area contributed by atoms with Crippen LogP contribution in [-0.2, 0) is 0 Å². The van der Waals surface area contributed by atoms with E-state index in [1.807, 2.05) is 0 Å². The largest absolute Gasteiger partial charge is 0.434 e. The first-order valence-electron chi connectivity index (χ1n) is 4.66. The molecular weight excluding hydrogens is 325 g/mol. The minimum absolute atomic E-state index is 0.120. The van der Waals surface area contributed by atoms with Gasteiger partial charge in [0.15, 0.2) is 0 Å². The number of benzene rings is 1. The third-order valence-electron chi connectivity index (χ3n) is 1.91. The zero-order chi connectivity index (χ0) is 13.1. The van der Waals surface area contributed by atoms with E-state index in [1.54, 1.807) is 24.3 Å². The number of hydrogen-bond acceptors (Lipinski definition) is 5. The molecule has 6 nitrogen and oxygen atoms in total. The van der Waals surface area contributed by atoms with Gasteiger partial charge in [-0.3, -0.25) is 10.1 Å². The number of nitrogens with zero attached hydrogens (tertiary/aromatic N) is 3. The first kappa shape index (κ1) is 12.7. The molecule has 0 aliphatic rings. The Hall–Kier alpha value is -1.73. The third-order valence-corrected chi connectivity index (χ3v) is 2.59. The molecule has 0 fully saturated rings. The second kappa shape index (κ2) is 5.28. The Bertz CT molecular complexity index is 609. The van der Waals surface area contributed by atoms with E-state index in [2.05, 4.69) is 25.9 Å². The van der Waals surface area contributed by atoms with Crippen molar-refractivity contribution in [2.75, 3.05) is 0 Å². The maximum atomic E-state index is 10.8. The van der Waals surface area contributed by atoms with Crippen molar-refractivity contribution in [1.82, 2.24) is 9.97 Å². The number of aromatic nitrogens is 2. The van der Waals surface area contributed by atoms with E-state index in [9.17, 15) is 10.1 Å². The SMILES string of the molecule is O=[N+]([O-])c1cnc(Cl)nc1Oc1cccc(Br)c1. The van der Waals surface area contributed by atoms with Crippen LogP contribution in [0.25, 0.3) is 0 Å². The average molecular weight is 331 g/mol. The Balaban J connectivity index is 2.39. The van der Waals surface area contributed by atoms with E-state index in [0.717, 1.165) is 10.7 Å². The van der Waals surface area contributed by atoms with Gasteiger partial charge in [-0.05, 0) is 29.8 Å². The van der Waals surface area contributed by atoms with Crippen molar-refractivity contribution in [3.8, 4) is 11.6 Å². The zero-order valence-electron chi connectivity index (χ0n) is 8.71. The highest BCUT2D eigenvalue weighted by Gasteiger charge is 2.19. The van der Waals surface area contributed by atoms with Gasteiger partial charge in [0, 0.05) is 4.47 Å². The van der Waals surface area contributed by atoms with Gasteiger partial charge in [0.25, 0.3) is 0 Å². The fraction of sp³-hybridized carbons (Fsp3) is 0. The first-order valence-corrected chi connectivity index (χ1v) is 5.83. The summed E-state index contributed by atoms with van der Waals surface area (Å²) < 4.78 is 6.11. The Morgan fingerprint density at radius 3 is 2.89 bits per heavy atom. The van der Waals surface area contributed by atoms with Gasteiger partial charge >= 0.3 is 11.6 Å². The molecule has 0 spiro atoms. The van der Waals surface area contributed by atoms with Gasteiger partial charge < -0.3 is 4.74 Å². The third kappa shape index (κ3) is 2.93. The average Bonchev–Trinajstić information content (AvgIpc) is 2.28. The summed E-state index contributed by atoms with van der Waals surface area (Å²) in [5.74, 6) is 0.209. The van der Waals surface area contributed by atoms with Crippen LogP contribution in [0.5, 0.6) is 11.6 Å². The quantitative estimate of drug-likeness (QED) is 0.488. The lowest BCUT2D eigenvalue weighted by Gasteiger charge is -2.05. The van der Waals surface area contributed by atoms with E-state index in [-0.39, 0.29) is 16.9 Å². The van der Waals surface area contributed by atoms with Gasteiger partial charge in [-0.15, -0.1) is 0 Å². The number of ether oxygens (including phenoxy) is 1. The summed E-state index contributed by atoms with van der Waals surface area (Å²) in [5.41, 5.74) is -0.348. The minimum atomic E-state index is -0.635. The van der Waals surface area contributed by atoms with Crippen LogP contribution < -0.4 is 4.74 Å². The molecule has 0 aliphatic carbocycles. The molecule has 0 amide bonds. The fourth-order valence-electron chi connectivity index (χ4n) is 1.18. The molecule has 0 atom stereocenters. The summed E-state index contributed by atoms with van der Waals surface area (Å²) in [6.07, 6.45) is 1.00. The molecule has 8 heteroatoms. The maximum absolute atomic E-state index is 10.8. The van der Waals surface area contributed by atoms with Crippen molar-refractivity contribution in [1.29, 1.82) is 0 Å². The van der Waals surface area contributed by atoms with Gasteiger partial charge in [-0.1, -0.05) is 22.0 Å². The lowest BCUT2D eigenvalue weighted by molar-refractivity contribution is -0.386. The lowest BCUT2D eigenvalue weighted by Crippen LogP contribution is -1.97. The predicted octanol–water partition coefficient (Wildman–Crippen LogP) is 3.59. The van der Waals surface area contributed by atoms with Crippen LogP contribution in [0.1, 0.15) is 0 Å². The van der Waals surface area contributed by atoms with Crippen LogP contribution in [0.2, 0.25) is 5.28 Å². The van der Waals surface area contributed by atoms with Crippen LogP contribution in [0.3, 0.4) is 0 Å². The Morgan fingerprint density at radius 1 is 1.44 bits per heavy atom. The fourth-order valence-corrected chi connectivity index (χ4v) is 1.69. The molecule has 1 aromatic heterocycles. The number of halogens is 2. The second-order valence-corrected chi connectivity index (χ2v) is 4.40. The monoisotopic (exact) mass is 329 g/mol. The Morgan fingerprint density at radius 2 is 2.22 bits per heavy atom. The second-order valence-electron chi connectivity index (χ2n) is 3.15. The molecule has 0 saturated carbocycles. The standard InChI is InChI=1S/C10H5BrClN3O3/c11-6-2-1-3-7(4-6)18-9-8(15(16)17)5-13-10(12)14-9/h1-5H. The molecule has 2 aromatic rings. The molecule has 0 aliphatic heterocycles. The molecule has 1 heterocycles. The molecule has 0 radical (unpaired) electrons. The molecule has 0 N–H and O–H groups in total. The molecule has 2 rings (SSSR count). The smallest absolute Gasteiger partial charge is 0.349 e. The number of rotatable bonds is 3. The van der Waals surface area contributed by atoms with Crippen LogP contribution in [-0.4, -0.2) is 14.9 Å². The van der Waals surface area contributed by atoms with E-state index in [0.29, 0.717) is 5.75 Å². The summed E-state index contributed by atoms with van der Waals surface area (Å²) in [6, 6.07) is 6.83. The lowest BCUT2D eigenvalue weighted by atomic mass is 10.3.